The fourth-order valence-electron chi connectivity index (χ4n) is 3.20. The molecule has 5 heteroatoms. The van der Waals surface area contributed by atoms with Crippen molar-refractivity contribution in [3.8, 4) is 5.75 Å². The minimum Gasteiger partial charge on any atom is -0.494 e. The summed E-state index contributed by atoms with van der Waals surface area (Å²) in [4.78, 5) is 14.3. The van der Waals surface area contributed by atoms with Crippen molar-refractivity contribution in [1.82, 2.24) is 10.2 Å². The highest BCUT2D eigenvalue weighted by molar-refractivity contribution is 5.81. The molecule has 1 aliphatic heterocycles. The SMILES string of the molecule is CCOc1ccc(CN2C[C@@H](CO)[C@H](NC(=O)C3CC3)C2)cc1. The van der Waals surface area contributed by atoms with Gasteiger partial charge in [0.15, 0.2) is 0 Å². The van der Waals surface area contributed by atoms with Crippen molar-refractivity contribution in [1.29, 1.82) is 0 Å². The third-order valence-corrected chi connectivity index (χ3v) is 4.67. The molecule has 3 rings (SSSR count). The number of aliphatic hydroxyl groups is 1. The van der Waals surface area contributed by atoms with E-state index in [1.807, 2.05) is 19.1 Å². The van der Waals surface area contributed by atoms with Gasteiger partial charge in [-0.15, -0.1) is 0 Å². The van der Waals surface area contributed by atoms with Gasteiger partial charge in [0, 0.05) is 44.1 Å². The van der Waals surface area contributed by atoms with Crippen LogP contribution >= 0.6 is 0 Å². The Labute approximate surface area is 137 Å². The summed E-state index contributed by atoms with van der Waals surface area (Å²) in [6, 6.07) is 8.20. The molecule has 0 bridgehead atoms. The van der Waals surface area contributed by atoms with Gasteiger partial charge in [0.05, 0.1) is 6.61 Å². The summed E-state index contributed by atoms with van der Waals surface area (Å²) in [6.07, 6.45) is 2.02. The Morgan fingerprint density at radius 1 is 1.30 bits per heavy atom. The van der Waals surface area contributed by atoms with Gasteiger partial charge in [0.25, 0.3) is 0 Å². The molecule has 2 atom stereocenters. The first-order valence-electron chi connectivity index (χ1n) is 8.55. The average molecular weight is 318 g/mol. The van der Waals surface area contributed by atoms with Crippen molar-refractivity contribution in [2.75, 3.05) is 26.3 Å². The highest BCUT2D eigenvalue weighted by Gasteiger charge is 2.37. The largest absolute Gasteiger partial charge is 0.494 e. The maximum atomic E-state index is 12.0. The second kappa shape index (κ2) is 7.32. The minimum absolute atomic E-state index is 0.0656. The third kappa shape index (κ3) is 4.24. The number of aliphatic hydroxyl groups excluding tert-OH is 1. The highest BCUT2D eigenvalue weighted by atomic mass is 16.5. The number of hydrogen-bond donors (Lipinski definition) is 2. The molecule has 126 valence electrons. The molecule has 1 aromatic carbocycles. The summed E-state index contributed by atoms with van der Waals surface area (Å²) in [5.74, 6) is 1.40. The number of likely N-dealkylation sites (tertiary alicyclic amines) is 1. The molecule has 0 unspecified atom stereocenters. The van der Waals surface area contributed by atoms with Crippen LogP contribution in [0.5, 0.6) is 5.75 Å². The molecule has 2 fully saturated rings. The fourth-order valence-corrected chi connectivity index (χ4v) is 3.20. The van der Waals surface area contributed by atoms with E-state index in [-0.39, 0.29) is 30.4 Å². The van der Waals surface area contributed by atoms with Gasteiger partial charge in [-0.3, -0.25) is 9.69 Å². The minimum atomic E-state index is 0.0656. The molecule has 0 spiro atoms. The molecule has 0 radical (unpaired) electrons. The van der Waals surface area contributed by atoms with E-state index in [1.165, 1.54) is 5.56 Å². The van der Waals surface area contributed by atoms with Gasteiger partial charge in [-0.1, -0.05) is 12.1 Å². The standard InChI is InChI=1S/C18H26N2O3/c1-2-23-16-7-3-13(4-8-16)9-20-10-15(12-21)17(11-20)19-18(22)14-5-6-14/h3-4,7-8,14-15,17,21H,2,5-6,9-12H2,1H3,(H,19,22)/t15-,17+/m0/s1. The van der Waals surface area contributed by atoms with E-state index in [0.29, 0.717) is 6.61 Å². The predicted octanol–water partition coefficient (Wildman–Crippen LogP) is 1.40. The van der Waals surface area contributed by atoms with Crippen molar-refractivity contribution < 1.29 is 14.6 Å². The maximum absolute atomic E-state index is 12.0. The lowest BCUT2D eigenvalue weighted by Gasteiger charge is -2.18. The van der Waals surface area contributed by atoms with Gasteiger partial charge in [-0.05, 0) is 37.5 Å². The van der Waals surface area contributed by atoms with Gasteiger partial charge in [-0.25, -0.2) is 0 Å². The van der Waals surface area contributed by atoms with Crippen LogP contribution in [-0.2, 0) is 11.3 Å². The van der Waals surface area contributed by atoms with Gasteiger partial charge in [0.2, 0.25) is 5.91 Å². The summed E-state index contributed by atoms with van der Waals surface area (Å²) >= 11 is 0. The lowest BCUT2D eigenvalue weighted by atomic mass is 10.1. The number of rotatable bonds is 7. The van der Waals surface area contributed by atoms with E-state index in [2.05, 4.69) is 22.3 Å². The Morgan fingerprint density at radius 2 is 2.04 bits per heavy atom. The second-order valence-corrected chi connectivity index (χ2v) is 6.60. The Balaban J connectivity index is 1.54. The first-order chi connectivity index (χ1) is 11.2. The summed E-state index contributed by atoms with van der Waals surface area (Å²) in [7, 11) is 0. The van der Waals surface area contributed by atoms with E-state index in [4.69, 9.17) is 4.74 Å². The number of carbonyl (C=O) groups is 1. The Bertz CT molecular complexity index is 528. The first-order valence-corrected chi connectivity index (χ1v) is 8.55. The molecule has 5 nitrogen and oxygen atoms in total. The van der Waals surface area contributed by atoms with Crippen molar-refractivity contribution in [2.45, 2.75) is 32.4 Å². The van der Waals surface area contributed by atoms with Crippen LogP contribution in [0.1, 0.15) is 25.3 Å². The Morgan fingerprint density at radius 3 is 2.65 bits per heavy atom. The van der Waals surface area contributed by atoms with Crippen LogP contribution in [0.2, 0.25) is 0 Å². The molecular formula is C18H26N2O3. The van der Waals surface area contributed by atoms with Crippen LogP contribution in [0, 0.1) is 11.8 Å². The summed E-state index contributed by atoms with van der Waals surface area (Å²) < 4.78 is 5.46. The van der Waals surface area contributed by atoms with Crippen molar-refractivity contribution in [3.05, 3.63) is 29.8 Å². The predicted molar refractivity (Wildman–Crippen MR) is 88.1 cm³/mol. The highest BCUT2D eigenvalue weighted by Crippen LogP contribution is 2.30. The molecule has 1 aromatic rings. The van der Waals surface area contributed by atoms with Gasteiger partial charge < -0.3 is 15.2 Å². The molecule has 1 heterocycles. The third-order valence-electron chi connectivity index (χ3n) is 4.67. The van der Waals surface area contributed by atoms with Crippen LogP contribution in [0.15, 0.2) is 24.3 Å². The van der Waals surface area contributed by atoms with Gasteiger partial charge in [0.1, 0.15) is 5.75 Å². The normalized spacial score (nSPS) is 24.6. The van der Waals surface area contributed by atoms with E-state index in [9.17, 15) is 9.90 Å². The van der Waals surface area contributed by atoms with Crippen LogP contribution in [0.3, 0.4) is 0 Å². The van der Waals surface area contributed by atoms with Gasteiger partial charge >= 0.3 is 0 Å². The number of carbonyl (C=O) groups excluding carboxylic acids is 1. The number of nitrogens with zero attached hydrogens (tertiary/aromatic N) is 1. The molecule has 2 N–H and O–H groups in total. The summed E-state index contributed by atoms with van der Waals surface area (Å²) in [5.41, 5.74) is 1.22. The van der Waals surface area contributed by atoms with E-state index in [0.717, 1.165) is 38.2 Å². The van der Waals surface area contributed by atoms with E-state index < -0.39 is 0 Å². The van der Waals surface area contributed by atoms with Crippen molar-refractivity contribution >= 4 is 5.91 Å². The first kappa shape index (κ1) is 16.3. The molecule has 23 heavy (non-hydrogen) atoms. The molecule has 1 amide bonds. The number of nitrogens with one attached hydrogen (secondary N) is 1. The smallest absolute Gasteiger partial charge is 0.223 e. The topological polar surface area (TPSA) is 61.8 Å². The van der Waals surface area contributed by atoms with Crippen LogP contribution in [0.4, 0.5) is 0 Å². The molecule has 1 saturated heterocycles. The lowest BCUT2D eigenvalue weighted by Crippen LogP contribution is -2.42. The zero-order valence-corrected chi connectivity index (χ0v) is 13.7. The second-order valence-electron chi connectivity index (χ2n) is 6.60. The van der Waals surface area contributed by atoms with Crippen molar-refractivity contribution in [2.24, 2.45) is 11.8 Å². The Kier molecular flexibility index (Phi) is 5.18. The van der Waals surface area contributed by atoms with Crippen LogP contribution < -0.4 is 10.1 Å². The number of ether oxygens (including phenoxy) is 1. The van der Waals surface area contributed by atoms with Crippen molar-refractivity contribution in [3.63, 3.8) is 0 Å². The quantitative estimate of drug-likeness (QED) is 0.798. The van der Waals surface area contributed by atoms with Gasteiger partial charge in [-0.2, -0.15) is 0 Å². The fraction of sp³-hybridized carbons (Fsp3) is 0.611. The average Bonchev–Trinajstić information content (AvgIpc) is 3.33. The number of hydrogen-bond acceptors (Lipinski definition) is 4. The van der Waals surface area contributed by atoms with Crippen LogP contribution in [0.25, 0.3) is 0 Å². The lowest BCUT2D eigenvalue weighted by molar-refractivity contribution is -0.123. The molecular weight excluding hydrogens is 292 g/mol. The van der Waals surface area contributed by atoms with Crippen LogP contribution in [-0.4, -0.2) is 48.3 Å². The summed E-state index contributed by atoms with van der Waals surface area (Å²) in [6.45, 7) is 5.22. The zero-order chi connectivity index (χ0) is 16.2. The summed E-state index contributed by atoms with van der Waals surface area (Å²) in [5, 5.41) is 12.7. The molecule has 2 aliphatic rings. The zero-order valence-electron chi connectivity index (χ0n) is 13.7. The molecule has 1 saturated carbocycles. The maximum Gasteiger partial charge on any atom is 0.223 e. The van der Waals surface area contributed by atoms with E-state index in [1.54, 1.807) is 0 Å². The molecule has 0 aromatic heterocycles. The monoisotopic (exact) mass is 318 g/mol. The number of benzene rings is 1. The number of amides is 1. The molecule has 1 aliphatic carbocycles. The Hall–Kier alpha value is -1.59. The van der Waals surface area contributed by atoms with E-state index >= 15 is 0 Å².